The molecule has 2 aromatic carbocycles. The Kier molecular flexibility index (Phi) is 5.21. The summed E-state index contributed by atoms with van der Waals surface area (Å²) in [5, 5.41) is 7.57. The van der Waals surface area contributed by atoms with Crippen molar-refractivity contribution in [2.45, 2.75) is 25.9 Å². The largest absolute Gasteiger partial charge is 0.376 e. The molecule has 6 heteroatoms. The number of aryl methyl sites for hydroxylation is 1. The summed E-state index contributed by atoms with van der Waals surface area (Å²) in [5.74, 6) is -0.511. The van der Waals surface area contributed by atoms with Crippen molar-refractivity contribution >= 4 is 5.91 Å². The van der Waals surface area contributed by atoms with Crippen LogP contribution in [0, 0.1) is 12.7 Å². The van der Waals surface area contributed by atoms with Gasteiger partial charge < -0.3 is 10.1 Å². The number of hydrogen-bond donors (Lipinski definition) is 1. The van der Waals surface area contributed by atoms with Crippen molar-refractivity contribution in [3.05, 3.63) is 71.7 Å². The van der Waals surface area contributed by atoms with E-state index in [9.17, 15) is 9.18 Å². The van der Waals surface area contributed by atoms with E-state index in [0.29, 0.717) is 23.5 Å². The predicted octanol–water partition coefficient (Wildman–Crippen LogP) is 3.90. The number of nitrogens with zero attached hydrogens (tertiary/aromatic N) is 2. The van der Waals surface area contributed by atoms with Crippen LogP contribution in [0.5, 0.6) is 0 Å². The zero-order chi connectivity index (χ0) is 19.5. The van der Waals surface area contributed by atoms with Crippen LogP contribution in [-0.2, 0) is 4.74 Å². The van der Waals surface area contributed by atoms with E-state index in [1.54, 1.807) is 23.0 Å². The lowest BCUT2D eigenvalue weighted by atomic mass is 10.1. The fraction of sp³-hybridized carbons (Fsp3) is 0.273. The van der Waals surface area contributed by atoms with Crippen LogP contribution < -0.4 is 5.32 Å². The third-order valence-corrected chi connectivity index (χ3v) is 4.89. The van der Waals surface area contributed by atoms with Gasteiger partial charge in [0.15, 0.2) is 0 Å². The Hall–Kier alpha value is -2.99. The topological polar surface area (TPSA) is 56.2 Å². The van der Waals surface area contributed by atoms with Crippen molar-refractivity contribution in [2.75, 3.05) is 13.2 Å². The number of benzene rings is 2. The first kappa shape index (κ1) is 18.4. The first-order valence-corrected chi connectivity index (χ1v) is 9.42. The van der Waals surface area contributed by atoms with Gasteiger partial charge in [-0.2, -0.15) is 5.10 Å². The van der Waals surface area contributed by atoms with E-state index in [4.69, 9.17) is 4.74 Å². The Morgan fingerprint density at radius 3 is 2.64 bits per heavy atom. The third kappa shape index (κ3) is 3.97. The molecule has 4 rings (SSSR count). The molecule has 1 aliphatic rings. The van der Waals surface area contributed by atoms with Gasteiger partial charge in [-0.3, -0.25) is 4.79 Å². The Morgan fingerprint density at radius 2 is 1.96 bits per heavy atom. The molecular formula is C22H22FN3O2. The van der Waals surface area contributed by atoms with Gasteiger partial charge in [0.05, 0.1) is 17.4 Å². The van der Waals surface area contributed by atoms with Gasteiger partial charge in [-0.25, -0.2) is 9.07 Å². The summed E-state index contributed by atoms with van der Waals surface area (Å²) in [6.07, 6.45) is 3.74. The lowest BCUT2D eigenvalue weighted by Gasteiger charge is -2.10. The molecule has 1 aliphatic heterocycles. The van der Waals surface area contributed by atoms with Crippen molar-refractivity contribution in [3.63, 3.8) is 0 Å². The molecule has 2 heterocycles. The minimum atomic E-state index is -0.316. The summed E-state index contributed by atoms with van der Waals surface area (Å²) < 4.78 is 20.4. The fourth-order valence-corrected chi connectivity index (χ4v) is 3.30. The van der Waals surface area contributed by atoms with Crippen LogP contribution >= 0.6 is 0 Å². The molecule has 1 saturated heterocycles. The molecule has 1 aromatic heterocycles. The first-order valence-electron chi connectivity index (χ1n) is 9.42. The second-order valence-corrected chi connectivity index (χ2v) is 7.02. The standard InChI is InChI=1S/C22H22FN3O2/c1-15-4-6-16(7-5-15)21-20(22(27)24-13-19-3-2-12-28-19)14-26(25-21)18-10-8-17(23)9-11-18/h4-11,14,19H,2-3,12-13H2,1H3,(H,24,27)/t19-/m0/s1. The highest BCUT2D eigenvalue weighted by Gasteiger charge is 2.21. The number of amides is 1. The predicted molar refractivity (Wildman–Crippen MR) is 105 cm³/mol. The van der Waals surface area contributed by atoms with Crippen LogP contribution in [0.15, 0.2) is 54.7 Å². The second-order valence-electron chi connectivity index (χ2n) is 7.02. The van der Waals surface area contributed by atoms with Crippen molar-refractivity contribution in [3.8, 4) is 16.9 Å². The van der Waals surface area contributed by atoms with E-state index >= 15 is 0 Å². The van der Waals surface area contributed by atoms with E-state index in [1.807, 2.05) is 31.2 Å². The number of aromatic nitrogens is 2. The van der Waals surface area contributed by atoms with Gasteiger partial charge in [0, 0.05) is 24.9 Å². The molecule has 0 radical (unpaired) electrons. The van der Waals surface area contributed by atoms with Crippen molar-refractivity contribution < 1.29 is 13.9 Å². The SMILES string of the molecule is Cc1ccc(-c2nn(-c3ccc(F)cc3)cc2C(=O)NC[C@@H]2CCCO2)cc1. The average molecular weight is 379 g/mol. The number of halogens is 1. The molecule has 0 saturated carbocycles. The minimum Gasteiger partial charge on any atom is -0.376 e. The van der Waals surface area contributed by atoms with Gasteiger partial charge in [-0.05, 0) is 44.0 Å². The van der Waals surface area contributed by atoms with Crippen molar-refractivity contribution in [2.24, 2.45) is 0 Å². The lowest BCUT2D eigenvalue weighted by Crippen LogP contribution is -2.31. The van der Waals surface area contributed by atoms with Gasteiger partial charge in [-0.15, -0.1) is 0 Å². The van der Waals surface area contributed by atoms with Crippen LogP contribution in [-0.4, -0.2) is 34.9 Å². The van der Waals surface area contributed by atoms with Gasteiger partial charge in [0.1, 0.15) is 11.5 Å². The second kappa shape index (κ2) is 7.94. The number of nitrogens with one attached hydrogen (secondary N) is 1. The molecule has 1 N–H and O–H groups in total. The van der Waals surface area contributed by atoms with Crippen LogP contribution in [0.1, 0.15) is 28.8 Å². The monoisotopic (exact) mass is 379 g/mol. The van der Waals surface area contributed by atoms with E-state index in [0.717, 1.165) is 30.6 Å². The normalized spacial score (nSPS) is 16.3. The van der Waals surface area contributed by atoms with Gasteiger partial charge >= 0.3 is 0 Å². The molecule has 1 amide bonds. The van der Waals surface area contributed by atoms with Crippen LogP contribution in [0.25, 0.3) is 16.9 Å². The molecule has 28 heavy (non-hydrogen) atoms. The highest BCUT2D eigenvalue weighted by atomic mass is 19.1. The Bertz CT molecular complexity index is 958. The van der Waals surface area contributed by atoms with Crippen molar-refractivity contribution in [1.82, 2.24) is 15.1 Å². The molecule has 0 spiro atoms. The van der Waals surface area contributed by atoms with Crippen molar-refractivity contribution in [1.29, 1.82) is 0 Å². The summed E-state index contributed by atoms with van der Waals surface area (Å²) >= 11 is 0. The van der Waals surface area contributed by atoms with E-state index < -0.39 is 0 Å². The fourth-order valence-electron chi connectivity index (χ4n) is 3.30. The summed E-state index contributed by atoms with van der Waals surface area (Å²) in [6.45, 7) is 3.24. The molecular weight excluding hydrogens is 357 g/mol. The molecule has 0 unspecified atom stereocenters. The Morgan fingerprint density at radius 1 is 1.21 bits per heavy atom. The zero-order valence-electron chi connectivity index (χ0n) is 15.7. The first-order chi connectivity index (χ1) is 13.6. The summed E-state index contributed by atoms with van der Waals surface area (Å²) in [6, 6.07) is 13.9. The molecule has 0 bridgehead atoms. The summed E-state index contributed by atoms with van der Waals surface area (Å²) in [7, 11) is 0. The number of ether oxygens (including phenoxy) is 1. The summed E-state index contributed by atoms with van der Waals surface area (Å²) in [4.78, 5) is 12.9. The number of hydrogen-bond acceptors (Lipinski definition) is 3. The van der Waals surface area contributed by atoms with Crippen LogP contribution in [0.3, 0.4) is 0 Å². The highest BCUT2D eigenvalue weighted by Crippen LogP contribution is 2.24. The maximum atomic E-state index is 13.3. The smallest absolute Gasteiger partial charge is 0.255 e. The van der Waals surface area contributed by atoms with Gasteiger partial charge in [-0.1, -0.05) is 29.8 Å². The lowest BCUT2D eigenvalue weighted by molar-refractivity contribution is 0.0858. The molecule has 144 valence electrons. The van der Waals surface area contributed by atoms with E-state index in [-0.39, 0.29) is 17.8 Å². The molecule has 1 atom stereocenters. The molecule has 1 fully saturated rings. The third-order valence-electron chi connectivity index (χ3n) is 4.89. The number of carbonyl (C=O) groups excluding carboxylic acids is 1. The summed E-state index contributed by atoms with van der Waals surface area (Å²) in [5.41, 5.74) is 3.74. The Balaban J connectivity index is 1.66. The Labute approximate surface area is 163 Å². The number of carbonyl (C=O) groups is 1. The van der Waals surface area contributed by atoms with Crippen LogP contribution in [0.4, 0.5) is 4.39 Å². The highest BCUT2D eigenvalue weighted by molar-refractivity contribution is 6.00. The maximum Gasteiger partial charge on any atom is 0.255 e. The van der Waals surface area contributed by atoms with Crippen LogP contribution in [0.2, 0.25) is 0 Å². The molecule has 5 nitrogen and oxygen atoms in total. The van der Waals surface area contributed by atoms with Gasteiger partial charge in [0.2, 0.25) is 0 Å². The van der Waals surface area contributed by atoms with E-state index in [2.05, 4.69) is 10.4 Å². The van der Waals surface area contributed by atoms with Gasteiger partial charge in [0.25, 0.3) is 5.91 Å². The molecule has 3 aromatic rings. The van der Waals surface area contributed by atoms with E-state index in [1.165, 1.54) is 12.1 Å². The average Bonchev–Trinajstić information content (AvgIpc) is 3.37. The number of rotatable bonds is 5. The zero-order valence-corrected chi connectivity index (χ0v) is 15.7. The quantitative estimate of drug-likeness (QED) is 0.732. The minimum absolute atomic E-state index is 0.0684. The maximum absolute atomic E-state index is 13.3. The molecule has 0 aliphatic carbocycles.